The van der Waals surface area contributed by atoms with Crippen LogP contribution in [0.5, 0.6) is 23.0 Å². The fourth-order valence-corrected chi connectivity index (χ4v) is 8.49. The summed E-state index contributed by atoms with van der Waals surface area (Å²) in [5, 5.41) is 1.85. The van der Waals surface area contributed by atoms with Crippen LogP contribution in [0.4, 0.5) is 0 Å². The van der Waals surface area contributed by atoms with Crippen molar-refractivity contribution in [3.05, 3.63) is 224 Å². The van der Waals surface area contributed by atoms with Gasteiger partial charge in [0.05, 0.1) is 0 Å². The van der Waals surface area contributed by atoms with E-state index in [9.17, 15) is 0 Å². The summed E-state index contributed by atoms with van der Waals surface area (Å²) in [5.41, 5.74) is 13.6. The maximum absolute atomic E-state index is 6.45. The first-order valence-corrected chi connectivity index (χ1v) is 21.3. The topological polar surface area (TPSA) is 75.0 Å². The van der Waals surface area contributed by atoms with E-state index >= 15 is 0 Å². The molecule has 0 radical (unpaired) electrons. The molecule has 11 rings (SSSR count). The van der Waals surface area contributed by atoms with Crippen LogP contribution < -0.4 is 9.47 Å². The second kappa shape index (κ2) is 19.6. The van der Waals surface area contributed by atoms with Crippen molar-refractivity contribution in [3.8, 4) is 84.8 Å². The number of benzene rings is 7. The first kappa shape index (κ1) is 44.8. The molecular weight excluding hydrogens is 1010 g/mol. The van der Waals surface area contributed by atoms with E-state index in [0.29, 0.717) is 40.0 Å². The van der Waals surface area contributed by atoms with Gasteiger partial charge in [0.15, 0.2) is 0 Å². The Morgan fingerprint density at radius 1 is 0.418 bits per heavy atom. The van der Waals surface area contributed by atoms with Crippen molar-refractivity contribution in [2.24, 2.45) is 0 Å². The number of hydrogen-bond donors (Lipinski definition) is 0. The van der Waals surface area contributed by atoms with E-state index in [1.807, 2.05) is 126 Å². The molecule has 67 heavy (non-hydrogen) atoms. The van der Waals surface area contributed by atoms with Gasteiger partial charge < -0.3 is 24.0 Å². The van der Waals surface area contributed by atoms with Crippen molar-refractivity contribution >= 4 is 21.8 Å². The summed E-state index contributed by atoms with van der Waals surface area (Å²) < 4.78 is 14.9. The van der Waals surface area contributed by atoms with Crippen molar-refractivity contribution in [1.29, 1.82) is 0 Å². The van der Waals surface area contributed by atoms with Gasteiger partial charge in [-0.1, -0.05) is 108 Å². The molecular formula is C58H37N5O2Pd2. The first-order valence-electron chi connectivity index (χ1n) is 21.3. The molecule has 0 N–H and O–H groups in total. The normalized spacial score (nSPS) is 10.9. The Morgan fingerprint density at radius 2 is 0.866 bits per heavy atom. The minimum Gasteiger partial charge on any atom is -0.503 e. The van der Waals surface area contributed by atoms with Crippen LogP contribution in [0, 0.1) is 38.1 Å². The molecule has 0 amide bonds. The van der Waals surface area contributed by atoms with Gasteiger partial charge in [0.2, 0.25) is 5.95 Å². The zero-order valence-electron chi connectivity index (χ0n) is 36.1. The fourth-order valence-electron chi connectivity index (χ4n) is 8.49. The predicted molar refractivity (Wildman–Crippen MR) is 257 cm³/mol. The predicted octanol–water partition coefficient (Wildman–Crippen LogP) is 14.1. The Balaban J connectivity index is 0.00000281. The van der Waals surface area contributed by atoms with Gasteiger partial charge in [0, 0.05) is 53.3 Å². The molecule has 0 saturated heterocycles. The van der Waals surface area contributed by atoms with Crippen LogP contribution in [-0.4, -0.2) is 24.5 Å². The van der Waals surface area contributed by atoms with Crippen molar-refractivity contribution in [1.82, 2.24) is 24.5 Å². The molecule has 4 aromatic heterocycles. The summed E-state index contributed by atoms with van der Waals surface area (Å²) in [6.45, 7) is 4.36. The van der Waals surface area contributed by atoms with Gasteiger partial charge in [0.25, 0.3) is 0 Å². The Morgan fingerprint density at radius 3 is 1.31 bits per heavy atom. The first-order chi connectivity index (χ1) is 32.0. The number of aromatic nitrogens is 5. The van der Waals surface area contributed by atoms with E-state index in [-0.39, 0.29) is 40.8 Å². The van der Waals surface area contributed by atoms with Crippen LogP contribution in [0.15, 0.2) is 189 Å². The zero-order chi connectivity index (χ0) is 43.7. The van der Waals surface area contributed by atoms with Crippen molar-refractivity contribution in [2.75, 3.05) is 0 Å². The molecule has 0 saturated carbocycles. The summed E-state index contributed by atoms with van der Waals surface area (Å²) in [7, 11) is 0. The molecule has 0 spiro atoms. The van der Waals surface area contributed by atoms with Crippen LogP contribution in [0.3, 0.4) is 0 Å². The standard InChI is InChI=1S/C58H37N5O2.2Pd/c1-38-51(40-15-5-3-6-16-40)35-52(41-17-7-4-8-18-41)39(2)57(38)44-36-61-58(62-37-44)63-55-33-47(64-45-21-13-19-42(31-45)53-23-9-11-29-59-53)25-27-49(55)50-28-26-48(34-56(50)63)65-46-22-14-20-43(32-46)54-24-10-12-30-60-54;;/h3-30,35-37H,1-2H3;;/q-4;2*+2. The molecule has 7 nitrogen and oxygen atoms in total. The molecule has 7 aromatic carbocycles. The van der Waals surface area contributed by atoms with Gasteiger partial charge in [-0.05, 0) is 82.4 Å². The van der Waals surface area contributed by atoms with Gasteiger partial charge in [-0.15, -0.1) is 71.8 Å². The van der Waals surface area contributed by atoms with Crippen LogP contribution in [0.1, 0.15) is 11.1 Å². The number of pyridine rings is 2. The van der Waals surface area contributed by atoms with Crippen LogP contribution >= 0.6 is 0 Å². The Kier molecular flexibility index (Phi) is 13.1. The quantitative estimate of drug-likeness (QED) is 0.100. The zero-order valence-corrected chi connectivity index (χ0v) is 39.2. The van der Waals surface area contributed by atoms with E-state index in [1.54, 1.807) is 12.4 Å². The Hall–Kier alpha value is -7.36. The minimum absolute atomic E-state index is 0. The molecule has 326 valence electrons. The van der Waals surface area contributed by atoms with E-state index in [0.717, 1.165) is 77.8 Å². The van der Waals surface area contributed by atoms with Crippen molar-refractivity contribution < 1.29 is 50.3 Å². The van der Waals surface area contributed by atoms with Gasteiger partial charge in [-0.3, -0.25) is 0 Å². The third-order valence-electron chi connectivity index (χ3n) is 11.5. The fraction of sp³-hybridized carbons (Fsp3) is 0.0345. The van der Waals surface area contributed by atoms with E-state index < -0.39 is 0 Å². The monoisotopic (exact) mass is 1050 g/mol. The second-order valence-corrected chi connectivity index (χ2v) is 15.6. The van der Waals surface area contributed by atoms with Crippen LogP contribution in [0.25, 0.3) is 83.6 Å². The summed E-state index contributed by atoms with van der Waals surface area (Å²) in [6.07, 6.45) is 7.36. The third-order valence-corrected chi connectivity index (χ3v) is 11.5. The smallest absolute Gasteiger partial charge is 0.503 e. The van der Waals surface area contributed by atoms with E-state index in [2.05, 4.69) is 103 Å². The third kappa shape index (κ3) is 8.99. The van der Waals surface area contributed by atoms with Crippen molar-refractivity contribution in [2.45, 2.75) is 13.8 Å². The van der Waals surface area contributed by atoms with Gasteiger partial charge >= 0.3 is 40.8 Å². The molecule has 0 bridgehead atoms. The number of fused-ring (bicyclic) bond motifs is 3. The Bertz CT molecular complexity index is 3290. The summed E-state index contributed by atoms with van der Waals surface area (Å²) in [4.78, 5) is 19.2. The Labute approximate surface area is 416 Å². The van der Waals surface area contributed by atoms with Gasteiger partial charge in [-0.2, -0.15) is 22.9 Å². The number of nitrogens with zero attached hydrogens (tertiary/aromatic N) is 5. The number of ether oxygens (including phenoxy) is 2. The molecule has 0 aliphatic carbocycles. The van der Waals surface area contributed by atoms with E-state index in [4.69, 9.17) is 19.4 Å². The molecule has 0 atom stereocenters. The molecule has 0 aliphatic heterocycles. The van der Waals surface area contributed by atoms with Gasteiger partial charge in [0.1, 0.15) is 0 Å². The van der Waals surface area contributed by atoms with E-state index in [1.165, 1.54) is 0 Å². The summed E-state index contributed by atoms with van der Waals surface area (Å²) in [6, 6.07) is 68.2. The number of hydrogen-bond acceptors (Lipinski definition) is 6. The second-order valence-electron chi connectivity index (χ2n) is 15.6. The van der Waals surface area contributed by atoms with Crippen LogP contribution in [-0.2, 0) is 40.8 Å². The SMILES string of the molecule is Cc1c(-c2ccccc2)cc(-c2ccccc2)c(C)c1-c1cnc(-n2c3[c-]c(Oc4[c-]c(-c5ccccn5)ccc4)ccc3c3ccc(Oc4[c-]c(-c5ccccn5)ccc4)[c-]c32)nc1.[Pd+2].[Pd+2]. The van der Waals surface area contributed by atoms with Crippen molar-refractivity contribution in [3.63, 3.8) is 0 Å². The van der Waals surface area contributed by atoms with Gasteiger partial charge in [-0.25, -0.2) is 9.97 Å². The molecule has 4 heterocycles. The largest absolute Gasteiger partial charge is 2.00 e. The summed E-state index contributed by atoms with van der Waals surface area (Å²) >= 11 is 0. The maximum atomic E-state index is 6.45. The molecule has 9 heteroatoms. The van der Waals surface area contributed by atoms with Crippen LogP contribution in [0.2, 0.25) is 0 Å². The molecule has 0 fully saturated rings. The molecule has 0 aliphatic rings. The summed E-state index contributed by atoms with van der Waals surface area (Å²) in [5.74, 6) is 2.53. The number of rotatable bonds is 10. The molecule has 11 aromatic rings. The average molecular weight is 1050 g/mol. The minimum atomic E-state index is 0. The maximum Gasteiger partial charge on any atom is 2.00 e. The average Bonchev–Trinajstić information content (AvgIpc) is 3.68. The molecule has 0 unspecified atom stereocenters.